The number of rotatable bonds is 4. The predicted octanol–water partition coefficient (Wildman–Crippen LogP) is 2.36. The van der Waals surface area contributed by atoms with Crippen LogP contribution < -0.4 is 10.6 Å². The number of carboxylic acid groups (broad SMARTS) is 1. The lowest BCUT2D eigenvalue weighted by Gasteiger charge is -2.20. The summed E-state index contributed by atoms with van der Waals surface area (Å²) in [6, 6.07) is 4.67. The smallest absolute Gasteiger partial charge is 0.337 e. The lowest BCUT2D eigenvalue weighted by molar-refractivity contribution is 0.0698. The molecule has 3 N–H and O–H groups in total. The number of benzene rings is 1. The summed E-state index contributed by atoms with van der Waals surface area (Å²) < 4.78 is 0.651. The first kappa shape index (κ1) is 15.8. The molecule has 7 heteroatoms. The normalized spacial score (nSPS) is 18.5. The third-order valence-corrected chi connectivity index (χ3v) is 4.12. The second-order valence-corrected chi connectivity index (χ2v) is 6.02. The van der Waals surface area contributed by atoms with Crippen molar-refractivity contribution in [3.8, 4) is 0 Å². The third-order valence-electron chi connectivity index (χ3n) is 3.63. The number of carboxylic acids is 1. The first-order valence-electron chi connectivity index (χ1n) is 6.75. The molecule has 0 saturated carbocycles. The van der Waals surface area contributed by atoms with Gasteiger partial charge in [0.25, 0.3) is 0 Å². The van der Waals surface area contributed by atoms with E-state index in [4.69, 9.17) is 5.11 Å². The Hall–Kier alpha value is -1.60. The van der Waals surface area contributed by atoms with E-state index in [1.165, 1.54) is 6.07 Å². The lowest BCUT2D eigenvalue weighted by atomic mass is 10.2. The number of likely N-dealkylation sites (tertiary alicyclic amines) is 1. The van der Waals surface area contributed by atoms with Gasteiger partial charge in [-0.15, -0.1) is 0 Å². The molecule has 0 spiro atoms. The maximum absolute atomic E-state index is 11.9. The van der Waals surface area contributed by atoms with Gasteiger partial charge >= 0.3 is 12.0 Å². The summed E-state index contributed by atoms with van der Waals surface area (Å²) in [5.74, 6) is -1.08. The van der Waals surface area contributed by atoms with Gasteiger partial charge in [0.2, 0.25) is 0 Å². The number of urea groups is 1. The number of nitrogens with one attached hydrogen (secondary N) is 2. The number of carbonyl (C=O) groups excluding carboxylic acids is 1. The highest BCUT2D eigenvalue weighted by atomic mass is 79.9. The fourth-order valence-corrected chi connectivity index (χ4v) is 2.78. The summed E-state index contributed by atoms with van der Waals surface area (Å²) in [7, 11) is 2.04. The van der Waals surface area contributed by atoms with Crippen LogP contribution in [0.25, 0.3) is 0 Å². The molecule has 1 aliphatic heterocycles. The van der Waals surface area contributed by atoms with Crippen LogP contribution in [0.15, 0.2) is 22.7 Å². The van der Waals surface area contributed by atoms with E-state index in [2.05, 4.69) is 31.5 Å². The predicted molar refractivity (Wildman–Crippen MR) is 83.8 cm³/mol. The summed E-state index contributed by atoms with van der Waals surface area (Å²) in [5, 5.41) is 14.5. The molecule has 2 rings (SSSR count). The maximum atomic E-state index is 11.9. The average Bonchev–Trinajstić information content (AvgIpc) is 2.84. The topological polar surface area (TPSA) is 81.7 Å². The van der Waals surface area contributed by atoms with Crippen molar-refractivity contribution >= 4 is 33.6 Å². The summed E-state index contributed by atoms with van der Waals surface area (Å²) in [5.41, 5.74) is 0.334. The highest BCUT2D eigenvalue weighted by Crippen LogP contribution is 2.21. The van der Waals surface area contributed by atoms with Crippen LogP contribution >= 0.6 is 15.9 Å². The fourth-order valence-electron chi connectivity index (χ4n) is 2.42. The van der Waals surface area contributed by atoms with Crippen molar-refractivity contribution in [3.05, 3.63) is 28.2 Å². The third kappa shape index (κ3) is 4.18. The molecule has 0 radical (unpaired) electrons. The SMILES string of the molecule is CN1CCCC1CNC(=O)Nc1ccc(Br)cc1C(=O)O. The zero-order valence-electron chi connectivity index (χ0n) is 11.7. The van der Waals surface area contributed by atoms with Crippen LogP contribution in [0, 0.1) is 0 Å². The molecule has 6 nitrogen and oxygen atoms in total. The highest BCUT2D eigenvalue weighted by molar-refractivity contribution is 9.10. The van der Waals surface area contributed by atoms with Gasteiger partial charge in [0.05, 0.1) is 11.3 Å². The van der Waals surface area contributed by atoms with Crippen molar-refractivity contribution in [3.63, 3.8) is 0 Å². The van der Waals surface area contributed by atoms with E-state index in [1.807, 2.05) is 7.05 Å². The van der Waals surface area contributed by atoms with Gasteiger partial charge < -0.3 is 20.6 Å². The molecule has 2 amide bonds. The van der Waals surface area contributed by atoms with Crippen LogP contribution in [-0.4, -0.2) is 48.2 Å². The van der Waals surface area contributed by atoms with Gasteiger partial charge in [-0.2, -0.15) is 0 Å². The van der Waals surface area contributed by atoms with Crippen LogP contribution in [0.3, 0.4) is 0 Å². The highest BCUT2D eigenvalue weighted by Gasteiger charge is 2.21. The van der Waals surface area contributed by atoms with Crippen molar-refractivity contribution in [2.75, 3.05) is 25.5 Å². The van der Waals surface area contributed by atoms with E-state index in [-0.39, 0.29) is 17.3 Å². The van der Waals surface area contributed by atoms with Crippen LogP contribution in [0.4, 0.5) is 10.5 Å². The molecule has 1 heterocycles. The molecule has 1 fully saturated rings. The molecular weight excluding hydrogens is 338 g/mol. The van der Waals surface area contributed by atoms with Crippen molar-refractivity contribution < 1.29 is 14.7 Å². The molecule has 114 valence electrons. The second kappa shape index (κ2) is 6.91. The van der Waals surface area contributed by atoms with Crippen molar-refractivity contribution in [1.82, 2.24) is 10.2 Å². The zero-order chi connectivity index (χ0) is 15.4. The Morgan fingerprint density at radius 3 is 2.86 bits per heavy atom. The quantitative estimate of drug-likeness (QED) is 0.774. The van der Waals surface area contributed by atoms with Gasteiger partial charge in [0.15, 0.2) is 0 Å². The van der Waals surface area contributed by atoms with E-state index >= 15 is 0 Å². The van der Waals surface area contributed by atoms with Crippen molar-refractivity contribution in [1.29, 1.82) is 0 Å². The van der Waals surface area contributed by atoms with Gasteiger partial charge in [-0.3, -0.25) is 0 Å². The number of aromatic carboxylic acids is 1. The van der Waals surface area contributed by atoms with E-state index in [1.54, 1.807) is 12.1 Å². The molecule has 1 unspecified atom stereocenters. The molecule has 0 aromatic heterocycles. The number of halogens is 1. The summed E-state index contributed by atoms with van der Waals surface area (Å²) >= 11 is 3.22. The monoisotopic (exact) mass is 355 g/mol. The number of nitrogens with zero attached hydrogens (tertiary/aromatic N) is 1. The van der Waals surface area contributed by atoms with Gasteiger partial charge in [-0.25, -0.2) is 9.59 Å². The molecule has 21 heavy (non-hydrogen) atoms. The minimum absolute atomic E-state index is 0.0532. The number of hydrogen-bond donors (Lipinski definition) is 3. The number of likely N-dealkylation sites (N-methyl/N-ethyl adjacent to an activating group) is 1. The van der Waals surface area contributed by atoms with Gasteiger partial charge in [0, 0.05) is 17.1 Å². The summed E-state index contributed by atoms with van der Waals surface area (Å²) in [6.45, 7) is 1.60. The Morgan fingerprint density at radius 1 is 1.48 bits per heavy atom. The molecular formula is C14H18BrN3O3. The molecule has 1 aromatic rings. The van der Waals surface area contributed by atoms with Gasteiger partial charge in [-0.1, -0.05) is 15.9 Å². The molecule has 1 aliphatic rings. The summed E-state index contributed by atoms with van der Waals surface area (Å²) in [4.78, 5) is 25.3. The average molecular weight is 356 g/mol. The maximum Gasteiger partial charge on any atom is 0.337 e. The van der Waals surface area contributed by atoms with E-state index in [9.17, 15) is 9.59 Å². The van der Waals surface area contributed by atoms with E-state index in [0.717, 1.165) is 19.4 Å². The molecule has 0 bridgehead atoms. The molecule has 1 aromatic carbocycles. The van der Waals surface area contributed by atoms with Crippen molar-refractivity contribution in [2.24, 2.45) is 0 Å². The van der Waals surface area contributed by atoms with Gasteiger partial charge in [-0.05, 0) is 44.6 Å². The molecule has 1 atom stereocenters. The molecule has 1 saturated heterocycles. The van der Waals surface area contributed by atoms with E-state index in [0.29, 0.717) is 17.1 Å². The minimum atomic E-state index is -1.08. The van der Waals surface area contributed by atoms with Crippen LogP contribution in [-0.2, 0) is 0 Å². The van der Waals surface area contributed by atoms with Crippen LogP contribution in [0.1, 0.15) is 23.2 Å². The minimum Gasteiger partial charge on any atom is -0.478 e. The number of hydrogen-bond acceptors (Lipinski definition) is 3. The zero-order valence-corrected chi connectivity index (χ0v) is 13.3. The Morgan fingerprint density at radius 2 is 2.24 bits per heavy atom. The number of anilines is 1. The number of carbonyl (C=O) groups is 2. The van der Waals surface area contributed by atoms with E-state index < -0.39 is 5.97 Å². The molecule has 0 aliphatic carbocycles. The summed E-state index contributed by atoms with van der Waals surface area (Å²) in [6.07, 6.45) is 2.20. The first-order valence-corrected chi connectivity index (χ1v) is 7.54. The second-order valence-electron chi connectivity index (χ2n) is 5.11. The van der Waals surface area contributed by atoms with Crippen LogP contribution in [0.5, 0.6) is 0 Å². The van der Waals surface area contributed by atoms with Crippen molar-refractivity contribution in [2.45, 2.75) is 18.9 Å². The number of amides is 2. The standard InChI is InChI=1S/C14H18BrN3O3/c1-18-6-2-3-10(18)8-16-14(21)17-12-5-4-9(15)7-11(12)13(19)20/h4-5,7,10H,2-3,6,8H2,1H3,(H,19,20)(H2,16,17,21). The largest absolute Gasteiger partial charge is 0.478 e. The Bertz CT molecular complexity index is 550. The Labute approximate surface area is 131 Å². The lowest BCUT2D eigenvalue weighted by Crippen LogP contribution is -2.40. The Balaban J connectivity index is 1.95. The first-order chi connectivity index (χ1) is 9.97. The van der Waals surface area contributed by atoms with Gasteiger partial charge in [0.1, 0.15) is 0 Å². The fraction of sp³-hybridized carbons (Fsp3) is 0.429. The van der Waals surface area contributed by atoms with Crippen LogP contribution in [0.2, 0.25) is 0 Å². The Kier molecular flexibility index (Phi) is 5.19.